The normalized spacial score (nSPS) is 18.2. The van der Waals surface area contributed by atoms with Gasteiger partial charge in [-0.2, -0.15) is 4.98 Å². The van der Waals surface area contributed by atoms with Crippen molar-refractivity contribution in [3.8, 4) is 5.88 Å². The molecule has 4 rings (SSSR count). The maximum absolute atomic E-state index is 12.9. The first-order valence-electron chi connectivity index (χ1n) is 10.3. The molecule has 6 heteroatoms. The van der Waals surface area contributed by atoms with E-state index in [4.69, 9.17) is 4.74 Å². The lowest BCUT2D eigenvalue weighted by atomic mass is 9.84. The van der Waals surface area contributed by atoms with Crippen LogP contribution in [0.3, 0.4) is 0 Å². The number of hydrogen-bond donors (Lipinski definition) is 0. The summed E-state index contributed by atoms with van der Waals surface area (Å²) in [5.41, 5.74) is 2.17. The minimum Gasteiger partial charge on any atom is -0.481 e. The van der Waals surface area contributed by atoms with Gasteiger partial charge in [0.2, 0.25) is 11.8 Å². The molecule has 1 amide bonds. The molecule has 148 valence electrons. The SMILES string of the molecule is COc1ccnc(N2CCN(C(=O)c3ccc(C4CCCCC4)cc3)CC2)n1. The lowest BCUT2D eigenvalue weighted by Gasteiger charge is -2.34. The number of amides is 1. The molecule has 1 saturated carbocycles. The molecule has 0 unspecified atom stereocenters. The van der Waals surface area contributed by atoms with Crippen LogP contribution >= 0.6 is 0 Å². The summed E-state index contributed by atoms with van der Waals surface area (Å²) in [4.78, 5) is 25.6. The molecule has 6 nitrogen and oxygen atoms in total. The maximum Gasteiger partial charge on any atom is 0.253 e. The first-order valence-corrected chi connectivity index (χ1v) is 10.3. The van der Waals surface area contributed by atoms with E-state index in [-0.39, 0.29) is 5.91 Å². The molecule has 1 aromatic heterocycles. The van der Waals surface area contributed by atoms with E-state index in [0.717, 1.165) is 18.7 Å². The van der Waals surface area contributed by atoms with Crippen LogP contribution in [-0.2, 0) is 0 Å². The molecule has 2 aromatic rings. The van der Waals surface area contributed by atoms with Gasteiger partial charge >= 0.3 is 0 Å². The van der Waals surface area contributed by atoms with Gasteiger partial charge in [0.1, 0.15) is 0 Å². The average molecular weight is 380 g/mol. The van der Waals surface area contributed by atoms with Crippen molar-refractivity contribution in [2.75, 3.05) is 38.2 Å². The van der Waals surface area contributed by atoms with Crippen molar-refractivity contribution in [1.82, 2.24) is 14.9 Å². The first-order chi connectivity index (χ1) is 13.7. The number of carbonyl (C=O) groups is 1. The predicted molar refractivity (Wildman–Crippen MR) is 109 cm³/mol. The molecule has 0 spiro atoms. The van der Waals surface area contributed by atoms with Gasteiger partial charge in [-0.05, 0) is 36.5 Å². The van der Waals surface area contributed by atoms with Gasteiger partial charge in [-0.25, -0.2) is 4.98 Å². The van der Waals surface area contributed by atoms with Crippen LogP contribution in [0.4, 0.5) is 5.95 Å². The second kappa shape index (κ2) is 8.59. The summed E-state index contributed by atoms with van der Waals surface area (Å²) < 4.78 is 5.17. The van der Waals surface area contributed by atoms with Crippen molar-refractivity contribution in [3.63, 3.8) is 0 Å². The molecule has 1 saturated heterocycles. The Bertz CT molecular complexity index is 794. The van der Waals surface area contributed by atoms with Crippen LogP contribution in [-0.4, -0.2) is 54.1 Å². The fourth-order valence-electron chi connectivity index (χ4n) is 4.22. The lowest BCUT2D eigenvalue weighted by Crippen LogP contribution is -2.49. The highest BCUT2D eigenvalue weighted by atomic mass is 16.5. The van der Waals surface area contributed by atoms with E-state index >= 15 is 0 Å². The Morgan fingerprint density at radius 2 is 1.71 bits per heavy atom. The Morgan fingerprint density at radius 3 is 2.39 bits per heavy atom. The average Bonchev–Trinajstić information content (AvgIpc) is 2.79. The quantitative estimate of drug-likeness (QED) is 0.813. The largest absolute Gasteiger partial charge is 0.481 e. The molecular weight excluding hydrogens is 352 g/mol. The Morgan fingerprint density at radius 1 is 1.00 bits per heavy atom. The number of rotatable bonds is 4. The second-order valence-electron chi connectivity index (χ2n) is 7.64. The zero-order valence-corrected chi connectivity index (χ0v) is 16.5. The van der Waals surface area contributed by atoms with E-state index in [9.17, 15) is 4.79 Å². The van der Waals surface area contributed by atoms with Gasteiger partial charge < -0.3 is 14.5 Å². The molecule has 2 aliphatic rings. The van der Waals surface area contributed by atoms with Gasteiger partial charge in [-0.15, -0.1) is 0 Å². The Hall–Kier alpha value is -2.63. The molecule has 28 heavy (non-hydrogen) atoms. The number of benzene rings is 1. The van der Waals surface area contributed by atoms with Crippen molar-refractivity contribution >= 4 is 11.9 Å². The predicted octanol–water partition coefficient (Wildman–Crippen LogP) is 3.50. The minimum atomic E-state index is 0.112. The Labute approximate surface area is 166 Å². The van der Waals surface area contributed by atoms with E-state index in [1.807, 2.05) is 17.0 Å². The third-order valence-electron chi connectivity index (χ3n) is 5.91. The molecule has 0 radical (unpaired) electrons. The molecule has 1 aliphatic carbocycles. The van der Waals surface area contributed by atoms with E-state index < -0.39 is 0 Å². The van der Waals surface area contributed by atoms with Gasteiger partial charge in [0.25, 0.3) is 5.91 Å². The van der Waals surface area contributed by atoms with Crippen LogP contribution in [0.2, 0.25) is 0 Å². The van der Waals surface area contributed by atoms with Crippen molar-refractivity contribution in [3.05, 3.63) is 47.7 Å². The highest BCUT2D eigenvalue weighted by Gasteiger charge is 2.24. The topological polar surface area (TPSA) is 58.6 Å². The van der Waals surface area contributed by atoms with Crippen LogP contribution in [0, 0.1) is 0 Å². The van der Waals surface area contributed by atoms with Gasteiger partial charge in [-0.3, -0.25) is 4.79 Å². The highest BCUT2D eigenvalue weighted by molar-refractivity contribution is 5.94. The number of aromatic nitrogens is 2. The van der Waals surface area contributed by atoms with Gasteiger partial charge in [0.05, 0.1) is 7.11 Å². The molecular formula is C22H28N4O2. The summed E-state index contributed by atoms with van der Waals surface area (Å²) in [5, 5.41) is 0. The summed E-state index contributed by atoms with van der Waals surface area (Å²) in [6, 6.07) is 10.1. The van der Waals surface area contributed by atoms with Gasteiger partial charge in [0, 0.05) is 44.0 Å². The molecule has 1 aliphatic heterocycles. The minimum absolute atomic E-state index is 0.112. The number of nitrogens with zero attached hydrogens (tertiary/aromatic N) is 4. The molecule has 0 N–H and O–H groups in total. The first kappa shape index (κ1) is 18.7. The summed E-state index contributed by atoms with van der Waals surface area (Å²) in [7, 11) is 1.60. The number of ether oxygens (including phenoxy) is 1. The van der Waals surface area contributed by atoms with E-state index in [1.165, 1.54) is 37.7 Å². The lowest BCUT2D eigenvalue weighted by molar-refractivity contribution is 0.0746. The standard InChI is InChI=1S/C22H28N4O2/c1-28-20-11-12-23-22(24-20)26-15-13-25(14-16-26)21(27)19-9-7-18(8-10-19)17-5-3-2-4-6-17/h7-12,17H,2-6,13-16H2,1H3. The number of piperazine rings is 1. The van der Waals surface area contributed by atoms with Gasteiger partial charge in [-0.1, -0.05) is 31.4 Å². The molecule has 0 atom stereocenters. The van der Waals surface area contributed by atoms with Crippen molar-refractivity contribution < 1.29 is 9.53 Å². The van der Waals surface area contributed by atoms with Crippen molar-refractivity contribution in [1.29, 1.82) is 0 Å². The summed E-state index contributed by atoms with van der Waals surface area (Å²) >= 11 is 0. The zero-order valence-electron chi connectivity index (χ0n) is 16.5. The highest BCUT2D eigenvalue weighted by Crippen LogP contribution is 2.32. The summed E-state index contributed by atoms with van der Waals surface area (Å²) in [6.45, 7) is 2.78. The van der Waals surface area contributed by atoms with Crippen LogP contribution in [0.15, 0.2) is 36.5 Å². The monoisotopic (exact) mass is 380 g/mol. The number of hydrogen-bond acceptors (Lipinski definition) is 5. The van der Waals surface area contributed by atoms with Crippen LogP contribution in [0.1, 0.15) is 53.9 Å². The van der Waals surface area contributed by atoms with Gasteiger partial charge in [0.15, 0.2) is 0 Å². The van der Waals surface area contributed by atoms with Crippen LogP contribution < -0.4 is 9.64 Å². The smallest absolute Gasteiger partial charge is 0.253 e. The molecule has 2 fully saturated rings. The number of anilines is 1. The third kappa shape index (κ3) is 4.11. The van der Waals surface area contributed by atoms with E-state index in [1.54, 1.807) is 19.4 Å². The molecule has 1 aromatic carbocycles. The fraction of sp³-hybridized carbons (Fsp3) is 0.500. The third-order valence-corrected chi connectivity index (χ3v) is 5.91. The maximum atomic E-state index is 12.9. The Kier molecular flexibility index (Phi) is 5.74. The van der Waals surface area contributed by atoms with Crippen LogP contribution in [0.5, 0.6) is 5.88 Å². The second-order valence-corrected chi connectivity index (χ2v) is 7.64. The van der Waals surface area contributed by atoms with Crippen molar-refractivity contribution in [2.24, 2.45) is 0 Å². The summed E-state index contributed by atoms with van der Waals surface area (Å²) in [6.07, 6.45) is 8.27. The number of methoxy groups -OCH3 is 1. The Balaban J connectivity index is 1.35. The zero-order chi connectivity index (χ0) is 19.3. The van der Waals surface area contributed by atoms with Crippen LogP contribution in [0.25, 0.3) is 0 Å². The molecule has 2 heterocycles. The van der Waals surface area contributed by atoms with E-state index in [2.05, 4.69) is 27.0 Å². The fourth-order valence-corrected chi connectivity index (χ4v) is 4.22. The van der Waals surface area contributed by atoms with E-state index in [0.29, 0.717) is 30.8 Å². The van der Waals surface area contributed by atoms with Crippen molar-refractivity contribution in [2.45, 2.75) is 38.0 Å². The molecule has 0 bridgehead atoms. The number of carbonyl (C=O) groups excluding carboxylic acids is 1. The summed E-state index contributed by atoms with van der Waals surface area (Å²) in [5.74, 6) is 2.00.